The maximum Gasteiger partial charge on any atom is 0.243 e. The van der Waals surface area contributed by atoms with Crippen molar-refractivity contribution in [1.29, 1.82) is 0 Å². The van der Waals surface area contributed by atoms with E-state index in [0.29, 0.717) is 23.7 Å². The molecule has 0 aromatic rings. The van der Waals surface area contributed by atoms with Gasteiger partial charge in [-0.2, -0.15) is 0 Å². The molecule has 31 heavy (non-hydrogen) atoms. The molecule has 0 aromatic carbocycles. The zero-order chi connectivity index (χ0) is 22.4. The number of carbonyl (C=O) groups is 2. The molecular formula is C27H44N2O2. The standard InChI is InChI=1S/C27H44N2O2/c1-6-15-27(7-2,8-3)29-24(31)21-11-10-19-18-9-12-22-26(5,17-14-23(30)28-22)20(18)13-16-25(19,21)4/h14,17-22H,6-13,15-16H2,1-5H3,(H,28,30)(H,29,31)/t18-,19-,20-,21+,22+,25-,26+/m0/s1. The second-order valence-electron chi connectivity index (χ2n) is 11.6. The van der Waals surface area contributed by atoms with E-state index in [9.17, 15) is 9.59 Å². The summed E-state index contributed by atoms with van der Waals surface area (Å²) < 4.78 is 0. The lowest BCUT2D eigenvalue weighted by atomic mass is 9.48. The summed E-state index contributed by atoms with van der Waals surface area (Å²) in [5.74, 6) is 2.48. The van der Waals surface area contributed by atoms with Crippen molar-refractivity contribution in [1.82, 2.24) is 10.6 Å². The maximum absolute atomic E-state index is 13.6. The summed E-state index contributed by atoms with van der Waals surface area (Å²) in [6, 6.07) is 0.278. The molecule has 0 aromatic heterocycles. The van der Waals surface area contributed by atoms with E-state index in [4.69, 9.17) is 0 Å². The third-order valence-corrected chi connectivity index (χ3v) is 10.5. The Kier molecular flexibility index (Phi) is 6.07. The van der Waals surface area contributed by atoms with E-state index in [1.54, 1.807) is 6.08 Å². The smallest absolute Gasteiger partial charge is 0.243 e. The van der Waals surface area contributed by atoms with Crippen molar-refractivity contribution in [3.63, 3.8) is 0 Å². The minimum atomic E-state index is -0.0336. The van der Waals surface area contributed by atoms with Crippen molar-refractivity contribution in [2.24, 2.45) is 34.5 Å². The highest BCUT2D eigenvalue weighted by Gasteiger charge is 2.61. The fraction of sp³-hybridized carbons (Fsp3) is 0.852. The Morgan fingerprint density at radius 3 is 2.52 bits per heavy atom. The van der Waals surface area contributed by atoms with Gasteiger partial charge < -0.3 is 10.6 Å². The highest BCUT2D eigenvalue weighted by Crippen LogP contribution is 2.65. The first-order valence-electron chi connectivity index (χ1n) is 13.0. The first kappa shape index (κ1) is 22.9. The molecule has 0 bridgehead atoms. The summed E-state index contributed by atoms with van der Waals surface area (Å²) in [5.41, 5.74) is 0.156. The highest BCUT2D eigenvalue weighted by molar-refractivity contribution is 5.89. The van der Waals surface area contributed by atoms with Crippen LogP contribution >= 0.6 is 0 Å². The Balaban J connectivity index is 1.54. The number of rotatable bonds is 6. The maximum atomic E-state index is 13.6. The molecule has 4 aliphatic rings. The minimum Gasteiger partial charge on any atom is -0.350 e. The molecule has 3 saturated carbocycles. The van der Waals surface area contributed by atoms with E-state index in [1.807, 2.05) is 0 Å². The summed E-state index contributed by atoms with van der Waals surface area (Å²) in [7, 11) is 0. The van der Waals surface area contributed by atoms with Crippen molar-refractivity contribution in [3.8, 4) is 0 Å². The summed E-state index contributed by atoms with van der Waals surface area (Å²) in [6.45, 7) is 11.5. The topological polar surface area (TPSA) is 58.2 Å². The van der Waals surface area contributed by atoms with E-state index in [1.165, 1.54) is 19.3 Å². The third kappa shape index (κ3) is 3.56. The van der Waals surface area contributed by atoms with E-state index in [2.05, 4.69) is 51.3 Å². The summed E-state index contributed by atoms with van der Waals surface area (Å²) in [5, 5.41) is 6.81. The van der Waals surface area contributed by atoms with Gasteiger partial charge in [0.2, 0.25) is 11.8 Å². The molecule has 174 valence electrons. The molecule has 3 aliphatic carbocycles. The van der Waals surface area contributed by atoms with Crippen LogP contribution < -0.4 is 10.6 Å². The van der Waals surface area contributed by atoms with Crippen LogP contribution in [0.25, 0.3) is 0 Å². The quantitative estimate of drug-likeness (QED) is 0.597. The molecule has 0 unspecified atom stereocenters. The Bertz CT molecular complexity index is 742. The fourth-order valence-corrected chi connectivity index (χ4v) is 8.43. The number of hydrogen-bond donors (Lipinski definition) is 2. The molecule has 0 radical (unpaired) electrons. The summed E-state index contributed by atoms with van der Waals surface area (Å²) in [6.07, 6.45) is 15.0. The van der Waals surface area contributed by atoms with Gasteiger partial charge in [-0.15, -0.1) is 0 Å². The minimum absolute atomic E-state index is 0.0336. The number of carbonyl (C=O) groups excluding carboxylic acids is 2. The molecule has 1 aliphatic heterocycles. The van der Waals surface area contributed by atoms with E-state index in [0.717, 1.165) is 44.9 Å². The van der Waals surface area contributed by atoms with Crippen LogP contribution in [0.2, 0.25) is 0 Å². The zero-order valence-corrected chi connectivity index (χ0v) is 20.4. The molecule has 4 rings (SSSR count). The van der Waals surface area contributed by atoms with Gasteiger partial charge in [0, 0.05) is 22.9 Å². The largest absolute Gasteiger partial charge is 0.350 e. The number of nitrogens with one attached hydrogen (secondary N) is 2. The Morgan fingerprint density at radius 1 is 1.10 bits per heavy atom. The van der Waals surface area contributed by atoms with Gasteiger partial charge in [-0.3, -0.25) is 9.59 Å². The van der Waals surface area contributed by atoms with Gasteiger partial charge in [0.25, 0.3) is 0 Å². The summed E-state index contributed by atoms with van der Waals surface area (Å²) >= 11 is 0. The Morgan fingerprint density at radius 2 is 1.84 bits per heavy atom. The van der Waals surface area contributed by atoms with Crippen molar-refractivity contribution in [3.05, 3.63) is 12.2 Å². The van der Waals surface area contributed by atoms with Gasteiger partial charge in [0.15, 0.2) is 0 Å². The molecule has 1 heterocycles. The highest BCUT2D eigenvalue weighted by atomic mass is 16.2. The van der Waals surface area contributed by atoms with Gasteiger partial charge in [-0.1, -0.05) is 47.1 Å². The zero-order valence-electron chi connectivity index (χ0n) is 20.4. The first-order chi connectivity index (χ1) is 14.7. The van der Waals surface area contributed by atoms with Crippen molar-refractivity contribution in [2.45, 2.75) is 110 Å². The van der Waals surface area contributed by atoms with Crippen LogP contribution in [-0.4, -0.2) is 23.4 Å². The van der Waals surface area contributed by atoms with Crippen molar-refractivity contribution < 1.29 is 9.59 Å². The molecule has 4 nitrogen and oxygen atoms in total. The first-order valence-corrected chi connectivity index (χ1v) is 13.0. The van der Waals surface area contributed by atoms with Crippen LogP contribution in [-0.2, 0) is 9.59 Å². The van der Waals surface area contributed by atoms with Crippen molar-refractivity contribution >= 4 is 11.8 Å². The monoisotopic (exact) mass is 428 g/mol. The number of amides is 2. The lowest BCUT2D eigenvalue weighted by Gasteiger charge is -2.58. The average Bonchev–Trinajstić information content (AvgIpc) is 3.11. The van der Waals surface area contributed by atoms with Gasteiger partial charge in [-0.25, -0.2) is 0 Å². The van der Waals surface area contributed by atoms with Gasteiger partial charge in [0.1, 0.15) is 0 Å². The second-order valence-corrected chi connectivity index (χ2v) is 11.6. The lowest BCUT2D eigenvalue weighted by Crippen LogP contribution is -2.60. The Hall–Kier alpha value is -1.32. The molecule has 3 fully saturated rings. The van der Waals surface area contributed by atoms with Crippen LogP contribution in [0.1, 0.15) is 98.8 Å². The molecule has 0 saturated heterocycles. The predicted molar refractivity (Wildman–Crippen MR) is 125 cm³/mol. The third-order valence-electron chi connectivity index (χ3n) is 10.5. The number of fused-ring (bicyclic) bond motifs is 5. The van der Waals surface area contributed by atoms with Gasteiger partial charge >= 0.3 is 0 Å². The molecule has 7 atom stereocenters. The van der Waals surface area contributed by atoms with E-state index < -0.39 is 0 Å². The number of hydrogen-bond acceptors (Lipinski definition) is 2. The van der Waals surface area contributed by atoms with Crippen molar-refractivity contribution in [2.75, 3.05) is 0 Å². The van der Waals surface area contributed by atoms with E-state index >= 15 is 0 Å². The van der Waals surface area contributed by atoms with Crippen LogP contribution in [0.4, 0.5) is 0 Å². The normalized spacial score (nSPS) is 41.7. The van der Waals surface area contributed by atoms with Gasteiger partial charge in [0.05, 0.1) is 0 Å². The molecule has 4 heteroatoms. The average molecular weight is 429 g/mol. The second kappa shape index (κ2) is 8.23. The SMILES string of the molecule is CCCC(CC)(CC)NC(=O)[C@H]1CC[C@H]2[C@@H]3CC[C@H]4NC(=O)C=C[C@]4(C)[C@H]3CC[C@]12C. The fourth-order valence-electron chi connectivity index (χ4n) is 8.43. The lowest BCUT2D eigenvalue weighted by molar-refractivity contribution is -0.136. The van der Waals surface area contributed by atoms with Gasteiger partial charge in [-0.05, 0) is 87.0 Å². The van der Waals surface area contributed by atoms with Crippen LogP contribution in [0, 0.1) is 34.5 Å². The van der Waals surface area contributed by atoms with Crippen LogP contribution in [0.15, 0.2) is 12.2 Å². The predicted octanol–water partition coefficient (Wildman–Crippen LogP) is 5.37. The summed E-state index contributed by atoms with van der Waals surface area (Å²) in [4.78, 5) is 25.6. The van der Waals surface area contributed by atoms with Crippen LogP contribution in [0.3, 0.4) is 0 Å². The Labute approximate surface area is 189 Å². The van der Waals surface area contributed by atoms with Crippen LogP contribution in [0.5, 0.6) is 0 Å². The van der Waals surface area contributed by atoms with E-state index in [-0.39, 0.29) is 34.2 Å². The molecule has 2 amide bonds. The molecule has 2 N–H and O–H groups in total. The molecule has 0 spiro atoms. The molecular weight excluding hydrogens is 384 g/mol.